The molecule has 0 atom stereocenters. The van der Waals surface area contributed by atoms with Crippen molar-refractivity contribution in [3.63, 3.8) is 0 Å². The van der Waals surface area contributed by atoms with E-state index in [0.717, 1.165) is 30.7 Å². The molecule has 1 heterocycles. The number of anilines is 1. The third kappa shape index (κ3) is 2.41. The summed E-state index contributed by atoms with van der Waals surface area (Å²) < 4.78 is 51.3. The van der Waals surface area contributed by atoms with Crippen LogP contribution in [-0.4, -0.2) is 18.4 Å². The molecule has 1 aromatic carbocycles. The van der Waals surface area contributed by atoms with Crippen molar-refractivity contribution in [1.29, 1.82) is 0 Å². The van der Waals surface area contributed by atoms with Crippen LogP contribution >= 0.6 is 0 Å². The molecule has 0 saturated heterocycles. The normalized spacial score (nSPS) is 11.4. The van der Waals surface area contributed by atoms with Crippen LogP contribution in [0.5, 0.6) is 0 Å². The lowest BCUT2D eigenvalue weighted by molar-refractivity contribution is 0.592. The third-order valence-electron chi connectivity index (χ3n) is 1.94. The first-order valence-corrected chi connectivity index (χ1v) is 5.93. The fraction of sp³-hybridized carbons (Fsp3) is 0. The molecule has 0 saturated carbocycles. The van der Waals surface area contributed by atoms with Crippen molar-refractivity contribution in [2.45, 2.75) is 5.03 Å². The highest BCUT2D eigenvalue weighted by atomic mass is 32.2. The first-order chi connectivity index (χ1) is 7.99. The van der Waals surface area contributed by atoms with Crippen LogP contribution in [0.4, 0.5) is 14.5 Å². The minimum atomic E-state index is -3.98. The number of nitrogens with zero attached hydrogens (tertiary/aromatic N) is 1. The van der Waals surface area contributed by atoms with E-state index in [4.69, 9.17) is 0 Å². The Labute approximate surface area is 95.6 Å². The number of aromatic nitrogens is 2. The molecular weight excluding hydrogens is 252 g/mol. The quantitative estimate of drug-likeness (QED) is 0.876. The van der Waals surface area contributed by atoms with E-state index < -0.39 is 27.3 Å². The van der Waals surface area contributed by atoms with E-state index in [9.17, 15) is 17.2 Å². The van der Waals surface area contributed by atoms with Gasteiger partial charge in [0.05, 0.1) is 18.2 Å². The summed E-state index contributed by atoms with van der Waals surface area (Å²) in [4.78, 5) is 5.88. The molecule has 2 aromatic rings. The van der Waals surface area contributed by atoms with E-state index in [1.807, 2.05) is 4.72 Å². The van der Waals surface area contributed by atoms with Crippen molar-refractivity contribution >= 4 is 15.7 Å². The second kappa shape index (κ2) is 4.13. The van der Waals surface area contributed by atoms with E-state index in [1.165, 1.54) is 0 Å². The van der Waals surface area contributed by atoms with Gasteiger partial charge in [-0.05, 0) is 12.1 Å². The third-order valence-corrected chi connectivity index (χ3v) is 3.23. The summed E-state index contributed by atoms with van der Waals surface area (Å²) in [6.07, 6.45) is 2.22. The van der Waals surface area contributed by atoms with E-state index >= 15 is 0 Å². The predicted octanol–water partition coefficient (Wildman–Crippen LogP) is 1.49. The van der Waals surface area contributed by atoms with Gasteiger partial charge in [0.25, 0.3) is 10.0 Å². The molecule has 8 heteroatoms. The maximum absolute atomic E-state index is 13.2. The molecule has 0 spiro atoms. The lowest BCUT2D eigenvalue weighted by Gasteiger charge is -2.06. The van der Waals surface area contributed by atoms with Gasteiger partial charge in [-0.1, -0.05) is 0 Å². The highest BCUT2D eigenvalue weighted by Gasteiger charge is 2.17. The zero-order valence-electron chi connectivity index (χ0n) is 8.31. The number of rotatable bonds is 3. The molecule has 0 fully saturated rings. The lowest BCUT2D eigenvalue weighted by atomic mass is 10.3. The molecule has 0 radical (unpaired) electrons. The first kappa shape index (κ1) is 11.5. The number of nitrogens with one attached hydrogen (secondary N) is 2. The van der Waals surface area contributed by atoms with Crippen molar-refractivity contribution in [2.75, 3.05) is 4.72 Å². The van der Waals surface area contributed by atoms with E-state index in [2.05, 4.69) is 9.97 Å². The van der Waals surface area contributed by atoms with Crippen LogP contribution in [0, 0.1) is 11.6 Å². The van der Waals surface area contributed by atoms with Crippen LogP contribution in [0.2, 0.25) is 0 Å². The molecular formula is C9H7F2N3O2S. The molecule has 0 aliphatic rings. The number of H-pyrrole nitrogens is 1. The SMILES string of the molecule is O=S(=O)(Nc1cc(F)ccc1F)c1cnc[nH]1. The summed E-state index contributed by atoms with van der Waals surface area (Å²) in [6.45, 7) is 0. The van der Waals surface area contributed by atoms with Crippen LogP contribution in [0.15, 0.2) is 35.7 Å². The number of hydrogen-bond acceptors (Lipinski definition) is 3. The van der Waals surface area contributed by atoms with Crippen LogP contribution in [-0.2, 0) is 10.0 Å². The summed E-state index contributed by atoms with van der Waals surface area (Å²) >= 11 is 0. The Bertz CT molecular complexity index is 626. The molecule has 0 aliphatic heterocycles. The Balaban J connectivity index is 2.36. The van der Waals surface area contributed by atoms with Crippen molar-refractivity contribution in [3.8, 4) is 0 Å². The number of aromatic amines is 1. The van der Waals surface area contributed by atoms with Crippen molar-refractivity contribution in [3.05, 3.63) is 42.4 Å². The van der Waals surface area contributed by atoms with Crippen molar-refractivity contribution in [1.82, 2.24) is 9.97 Å². The van der Waals surface area contributed by atoms with Gasteiger partial charge in [-0.3, -0.25) is 4.72 Å². The van der Waals surface area contributed by atoms with Gasteiger partial charge in [-0.15, -0.1) is 0 Å². The second-order valence-corrected chi connectivity index (χ2v) is 4.80. The standard InChI is InChI=1S/C9H7F2N3O2S/c10-6-1-2-7(11)8(3-6)14-17(15,16)9-4-12-5-13-9/h1-5,14H,(H,12,13). The summed E-state index contributed by atoms with van der Waals surface area (Å²) in [7, 11) is -3.98. The van der Waals surface area contributed by atoms with Gasteiger partial charge in [0.1, 0.15) is 11.6 Å². The largest absolute Gasteiger partial charge is 0.334 e. The molecule has 17 heavy (non-hydrogen) atoms. The molecule has 0 aliphatic carbocycles. The van der Waals surface area contributed by atoms with Crippen LogP contribution in [0.1, 0.15) is 0 Å². The van der Waals surface area contributed by atoms with Gasteiger partial charge in [0.2, 0.25) is 0 Å². The highest BCUT2D eigenvalue weighted by Crippen LogP contribution is 2.18. The minimum absolute atomic E-state index is 0.235. The molecule has 90 valence electrons. The molecule has 2 N–H and O–H groups in total. The van der Waals surface area contributed by atoms with Crippen LogP contribution < -0.4 is 4.72 Å². The Hall–Kier alpha value is -1.96. The number of halogens is 2. The monoisotopic (exact) mass is 259 g/mol. The molecule has 0 unspecified atom stereocenters. The summed E-state index contributed by atoms with van der Waals surface area (Å²) in [5.74, 6) is -1.61. The van der Waals surface area contributed by atoms with Crippen LogP contribution in [0.3, 0.4) is 0 Å². The van der Waals surface area contributed by atoms with Gasteiger partial charge >= 0.3 is 0 Å². The number of imidazole rings is 1. The maximum Gasteiger partial charge on any atom is 0.279 e. The molecule has 5 nitrogen and oxygen atoms in total. The van der Waals surface area contributed by atoms with Gasteiger partial charge in [0, 0.05) is 6.07 Å². The van der Waals surface area contributed by atoms with E-state index in [1.54, 1.807) is 0 Å². The van der Waals surface area contributed by atoms with E-state index in [0.29, 0.717) is 0 Å². The molecule has 2 rings (SSSR count). The Kier molecular flexibility index (Phi) is 2.80. The second-order valence-electron chi connectivity index (χ2n) is 3.15. The average Bonchev–Trinajstić information content (AvgIpc) is 2.77. The summed E-state index contributed by atoms with van der Waals surface area (Å²) in [5, 5.41) is -0.235. The Morgan fingerprint density at radius 3 is 2.71 bits per heavy atom. The zero-order valence-corrected chi connectivity index (χ0v) is 9.13. The number of hydrogen-bond donors (Lipinski definition) is 2. The highest BCUT2D eigenvalue weighted by molar-refractivity contribution is 7.92. The summed E-state index contributed by atoms with van der Waals surface area (Å²) in [6, 6.07) is 2.48. The predicted molar refractivity (Wildman–Crippen MR) is 55.8 cm³/mol. The van der Waals surface area contributed by atoms with Gasteiger partial charge < -0.3 is 4.98 Å². The fourth-order valence-corrected chi connectivity index (χ4v) is 2.13. The van der Waals surface area contributed by atoms with Gasteiger partial charge in [-0.2, -0.15) is 8.42 Å². The Morgan fingerprint density at radius 1 is 1.29 bits per heavy atom. The number of benzene rings is 1. The van der Waals surface area contributed by atoms with E-state index in [-0.39, 0.29) is 5.03 Å². The van der Waals surface area contributed by atoms with Gasteiger partial charge in [-0.25, -0.2) is 13.8 Å². The Morgan fingerprint density at radius 2 is 2.06 bits per heavy atom. The smallest absolute Gasteiger partial charge is 0.279 e. The molecule has 0 amide bonds. The zero-order chi connectivity index (χ0) is 12.5. The minimum Gasteiger partial charge on any atom is -0.334 e. The van der Waals surface area contributed by atoms with Crippen LogP contribution in [0.25, 0.3) is 0 Å². The molecule has 1 aromatic heterocycles. The van der Waals surface area contributed by atoms with Crippen molar-refractivity contribution in [2.24, 2.45) is 0 Å². The maximum atomic E-state index is 13.2. The first-order valence-electron chi connectivity index (χ1n) is 4.45. The average molecular weight is 259 g/mol. The summed E-state index contributed by atoms with van der Waals surface area (Å²) in [5.41, 5.74) is -0.459. The van der Waals surface area contributed by atoms with Crippen molar-refractivity contribution < 1.29 is 17.2 Å². The molecule has 0 bridgehead atoms. The number of sulfonamides is 1. The van der Waals surface area contributed by atoms with Gasteiger partial charge in [0.15, 0.2) is 5.03 Å². The lowest BCUT2D eigenvalue weighted by Crippen LogP contribution is -2.14. The topological polar surface area (TPSA) is 74.8 Å². The fourth-order valence-electron chi connectivity index (χ4n) is 1.17.